The van der Waals surface area contributed by atoms with Gasteiger partial charge in [0.1, 0.15) is 4.83 Å². The Morgan fingerprint density at radius 2 is 1.89 bits per heavy atom. The highest BCUT2D eigenvalue weighted by molar-refractivity contribution is 7.99. The van der Waals surface area contributed by atoms with Crippen LogP contribution >= 0.6 is 34.7 Å². The Balaban J connectivity index is 1.79. The lowest BCUT2D eigenvalue weighted by Gasteiger charge is -2.16. The van der Waals surface area contributed by atoms with E-state index in [4.69, 9.17) is 16.6 Å². The third-order valence-corrected chi connectivity index (χ3v) is 7.32. The van der Waals surface area contributed by atoms with Crippen LogP contribution in [0, 0.1) is 13.8 Å². The molecule has 1 aliphatic heterocycles. The Morgan fingerprint density at radius 3 is 2.57 bits per heavy atom. The average Bonchev–Trinajstić information content (AvgIpc) is 3.30. The Kier molecular flexibility index (Phi) is 5.49. The number of hydrogen-bond acceptors (Lipinski definition) is 5. The number of likely N-dealkylation sites (tertiary alicyclic amines) is 1. The van der Waals surface area contributed by atoms with Crippen molar-refractivity contribution >= 4 is 50.8 Å². The highest BCUT2D eigenvalue weighted by atomic mass is 35.5. The van der Waals surface area contributed by atoms with Crippen LogP contribution in [0.2, 0.25) is 5.02 Å². The van der Waals surface area contributed by atoms with Crippen LogP contribution in [0.15, 0.2) is 34.2 Å². The van der Waals surface area contributed by atoms with Crippen LogP contribution in [-0.4, -0.2) is 39.2 Å². The zero-order chi connectivity index (χ0) is 19.8. The predicted molar refractivity (Wildman–Crippen MR) is 116 cm³/mol. The summed E-state index contributed by atoms with van der Waals surface area (Å²) >= 11 is 8.86. The maximum Gasteiger partial charge on any atom is 0.267 e. The van der Waals surface area contributed by atoms with Gasteiger partial charge < -0.3 is 4.90 Å². The fraction of sp³-hybridized carbons (Fsp3) is 0.350. The van der Waals surface area contributed by atoms with Crippen LogP contribution in [0.3, 0.4) is 0 Å². The predicted octanol–water partition coefficient (Wildman–Crippen LogP) is 4.43. The van der Waals surface area contributed by atoms with Crippen molar-refractivity contribution in [3.8, 4) is 5.69 Å². The van der Waals surface area contributed by atoms with Gasteiger partial charge in [-0.1, -0.05) is 23.4 Å². The molecule has 0 bridgehead atoms. The van der Waals surface area contributed by atoms with Gasteiger partial charge in [-0.25, -0.2) is 4.98 Å². The van der Waals surface area contributed by atoms with Gasteiger partial charge in [0.15, 0.2) is 5.16 Å². The number of hydrogen-bond donors (Lipinski definition) is 0. The fourth-order valence-electron chi connectivity index (χ4n) is 3.37. The third kappa shape index (κ3) is 3.58. The minimum Gasteiger partial charge on any atom is -0.342 e. The zero-order valence-electron chi connectivity index (χ0n) is 15.7. The van der Waals surface area contributed by atoms with E-state index in [0.29, 0.717) is 21.3 Å². The molecule has 146 valence electrons. The van der Waals surface area contributed by atoms with Gasteiger partial charge in [-0.15, -0.1) is 11.3 Å². The second kappa shape index (κ2) is 7.89. The fourth-order valence-corrected chi connectivity index (χ4v) is 5.49. The molecule has 5 nitrogen and oxygen atoms in total. The van der Waals surface area contributed by atoms with Crippen LogP contribution < -0.4 is 5.56 Å². The van der Waals surface area contributed by atoms with E-state index >= 15 is 0 Å². The second-order valence-corrected chi connectivity index (χ2v) is 9.43. The number of carbonyl (C=O) groups excluding carboxylic acids is 1. The van der Waals surface area contributed by atoms with E-state index in [0.717, 1.165) is 41.2 Å². The van der Waals surface area contributed by atoms with Crippen molar-refractivity contribution < 1.29 is 4.79 Å². The summed E-state index contributed by atoms with van der Waals surface area (Å²) < 4.78 is 1.60. The lowest BCUT2D eigenvalue weighted by molar-refractivity contribution is -0.127. The Bertz CT molecular complexity index is 1100. The topological polar surface area (TPSA) is 55.2 Å². The van der Waals surface area contributed by atoms with Crippen molar-refractivity contribution in [2.75, 3.05) is 18.8 Å². The summed E-state index contributed by atoms with van der Waals surface area (Å²) in [5.74, 6) is 0.368. The van der Waals surface area contributed by atoms with Gasteiger partial charge in [0, 0.05) is 23.0 Å². The molecule has 1 saturated heterocycles. The normalized spacial score (nSPS) is 14.2. The van der Waals surface area contributed by atoms with E-state index < -0.39 is 0 Å². The molecule has 3 aromatic rings. The molecule has 1 fully saturated rings. The highest BCUT2D eigenvalue weighted by Crippen LogP contribution is 2.30. The molecule has 0 radical (unpaired) electrons. The monoisotopic (exact) mass is 433 g/mol. The SMILES string of the molecule is Cc1sc2nc(SCC(=O)N3CCCC3)n(-c3ccc(Cl)cc3)c(=O)c2c1C. The number of nitrogens with zero attached hydrogens (tertiary/aromatic N) is 3. The number of thiophene rings is 1. The molecule has 0 saturated carbocycles. The summed E-state index contributed by atoms with van der Waals surface area (Å²) in [5.41, 5.74) is 1.55. The smallest absolute Gasteiger partial charge is 0.267 e. The molecule has 1 amide bonds. The average molecular weight is 434 g/mol. The molecule has 28 heavy (non-hydrogen) atoms. The summed E-state index contributed by atoms with van der Waals surface area (Å²) in [7, 11) is 0. The molecule has 1 aromatic carbocycles. The maximum absolute atomic E-state index is 13.4. The third-order valence-electron chi connectivity index (χ3n) is 5.04. The summed E-state index contributed by atoms with van der Waals surface area (Å²) in [4.78, 5) is 34.3. The van der Waals surface area contributed by atoms with Gasteiger partial charge >= 0.3 is 0 Å². The van der Waals surface area contributed by atoms with E-state index in [-0.39, 0.29) is 17.2 Å². The van der Waals surface area contributed by atoms with Crippen molar-refractivity contribution in [3.05, 3.63) is 50.1 Å². The van der Waals surface area contributed by atoms with Gasteiger partial charge in [-0.2, -0.15) is 0 Å². The number of carbonyl (C=O) groups is 1. The minimum absolute atomic E-state index is 0.0954. The van der Waals surface area contributed by atoms with Crippen LogP contribution in [-0.2, 0) is 4.79 Å². The van der Waals surface area contributed by atoms with E-state index in [2.05, 4.69) is 0 Å². The first kappa shape index (κ1) is 19.5. The summed E-state index contributed by atoms with van der Waals surface area (Å²) in [5, 5.41) is 1.79. The van der Waals surface area contributed by atoms with E-state index in [1.165, 1.54) is 23.1 Å². The van der Waals surface area contributed by atoms with Crippen molar-refractivity contribution in [2.45, 2.75) is 31.8 Å². The molecule has 3 heterocycles. The van der Waals surface area contributed by atoms with Crippen LogP contribution in [0.25, 0.3) is 15.9 Å². The summed E-state index contributed by atoms with van der Waals surface area (Å²) in [6.07, 6.45) is 2.12. The van der Waals surface area contributed by atoms with Crippen LogP contribution in [0.4, 0.5) is 0 Å². The maximum atomic E-state index is 13.4. The van der Waals surface area contributed by atoms with Crippen molar-refractivity contribution in [2.24, 2.45) is 0 Å². The number of halogens is 1. The lowest BCUT2D eigenvalue weighted by Crippen LogP contribution is -2.29. The van der Waals surface area contributed by atoms with Gasteiger partial charge in [0.25, 0.3) is 5.56 Å². The first-order chi connectivity index (χ1) is 13.5. The van der Waals surface area contributed by atoms with Crippen LogP contribution in [0.1, 0.15) is 23.3 Å². The van der Waals surface area contributed by atoms with Crippen molar-refractivity contribution in [3.63, 3.8) is 0 Å². The molecule has 0 spiro atoms. The second-order valence-electron chi connectivity index (χ2n) is 6.85. The number of aromatic nitrogens is 2. The minimum atomic E-state index is -0.106. The number of amides is 1. The first-order valence-corrected chi connectivity index (χ1v) is 11.3. The number of benzene rings is 1. The largest absolute Gasteiger partial charge is 0.342 e. The van der Waals surface area contributed by atoms with Crippen LogP contribution in [0.5, 0.6) is 0 Å². The first-order valence-electron chi connectivity index (χ1n) is 9.15. The molecular weight excluding hydrogens is 414 g/mol. The van der Waals surface area contributed by atoms with Crippen molar-refractivity contribution in [1.29, 1.82) is 0 Å². The standard InChI is InChI=1S/C20H20ClN3O2S2/c1-12-13(2)28-18-17(12)19(26)24(15-7-5-14(21)6-8-15)20(22-18)27-11-16(25)23-9-3-4-10-23/h5-8H,3-4,9-11H2,1-2H3. The lowest BCUT2D eigenvalue weighted by atomic mass is 10.2. The quantitative estimate of drug-likeness (QED) is 0.451. The molecular formula is C20H20ClN3O2S2. The van der Waals surface area contributed by atoms with E-state index in [1.807, 2.05) is 18.7 Å². The highest BCUT2D eigenvalue weighted by Gasteiger charge is 2.21. The molecule has 4 rings (SSSR count). The van der Waals surface area contributed by atoms with Gasteiger partial charge in [-0.3, -0.25) is 14.2 Å². The number of fused-ring (bicyclic) bond motifs is 1. The molecule has 0 unspecified atom stereocenters. The molecule has 8 heteroatoms. The summed E-state index contributed by atoms with van der Waals surface area (Å²) in [6, 6.07) is 7.11. The zero-order valence-corrected chi connectivity index (χ0v) is 18.1. The molecule has 2 aromatic heterocycles. The molecule has 1 aliphatic rings. The Labute approximate surface area is 176 Å². The molecule has 0 N–H and O–H groups in total. The van der Waals surface area contributed by atoms with Crippen molar-refractivity contribution in [1.82, 2.24) is 14.5 Å². The number of thioether (sulfide) groups is 1. The molecule has 0 atom stereocenters. The Morgan fingerprint density at radius 1 is 1.21 bits per heavy atom. The number of rotatable bonds is 4. The van der Waals surface area contributed by atoms with E-state index in [9.17, 15) is 9.59 Å². The van der Waals surface area contributed by atoms with E-state index in [1.54, 1.807) is 28.8 Å². The van der Waals surface area contributed by atoms with Gasteiger partial charge in [-0.05, 0) is 56.5 Å². The molecule has 0 aliphatic carbocycles. The number of aryl methyl sites for hydroxylation is 2. The summed E-state index contributed by atoms with van der Waals surface area (Å²) in [6.45, 7) is 5.59. The van der Waals surface area contributed by atoms with Gasteiger partial charge in [0.05, 0.1) is 16.8 Å². The van der Waals surface area contributed by atoms with Gasteiger partial charge in [0.2, 0.25) is 5.91 Å². The Hall–Kier alpha value is -1.83.